The van der Waals surface area contributed by atoms with Crippen molar-refractivity contribution in [1.82, 2.24) is 13.9 Å². The molecular formula is C11H17N3O4S. The van der Waals surface area contributed by atoms with Gasteiger partial charge in [0.25, 0.3) is 10.0 Å². The first-order chi connectivity index (χ1) is 8.84. The van der Waals surface area contributed by atoms with Crippen LogP contribution in [0.2, 0.25) is 0 Å². The third kappa shape index (κ3) is 2.50. The Morgan fingerprint density at radius 1 is 1.47 bits per heavy atom. The molecule has 2 rings (SSSR count). The molecule has 1 aliphatic rings. The number of piperidine rings is 1. The summed E-state index contributed by atoms with van der Waals surface area (Å²) in [5, 5.41) is 9.06. The molecule has 7 nitrogen and oxygen atoms in total. The summed E-state index contributed by atoms with van der Waals surface area (Å²) < 4.78 is 27.6. The van der Waals surface area contributed by atoms with Crippen molar-refractivity contribution < 1.29 is 18.3 Å². The maximum atomic E-state index is 12.5. The van der Waals surface area contributed by atoms with Crippen LogP contribution in [0.4, 0.5) is 0 Å². The third-order valence-electron chi connectivity index (χ3n) is 3.40. The van der Waals surface area contributed by atoms with Crippen LogP contribution in [-0.4, -0.2) is 45.9 Å². The van der Waals surface area contributed by atoms with E-state index in [2.05, 4.69) is 4.98 Å². The van der Waals surface area contributed by atoms with Crippen LogP contribution in [0.1, 0.15) is 25.1 Å². The Kier molecular flexibility index (Phi) is 3.64. The van der Waals surface area contributed by atoms with Crippen LogP contribution < -0.4 is 0 Å². The molecule has 0 radical (unpaired) electrons. The summed E-state index contributed by atoms with van der Waals surface area (Å²) in [7, 11) is -2.14. The van der Waals surface area contributed by atoms with E-state index in [0.717, 1.165) is 10.7 Å². The van der Waals surface area contributed by atoms with Gasteiger partial charge in [-0.2, -0.15) is 4.31 Å². The third-order valence-corrected chi connectivity index (χ3v) is 5.18. The van der Waals surface area contributed by atoms with Crippen molar-refractivity contribution >= 4 is 16.0 Å². The summed E-state index contributed by atoms with van der Waals surface area (Å²) in [6.45, 7) is 1.93. The van der Waals surface area contributed by atoms with Crippen molar-refractivity contribution in [2.24, 2.45) is 7.05 Å². The lowest BCUT2D eigenvalue weighted by molar-refractivity contribution is -0.142. The van der Waals surface area contributed by atoms with Crippen LogP contribution in [0, 0.1) is 6.92 Å². The molecule has 0 amide bonds. The maximum Gasteiger partial charge on any atom is 0.322 e. The lowest BCUT2D eigenvalue weighted by atomic mass is 10.1. The summed E-state index contributed by atoms with van der Waals surface area (Å²) in [6.07, 6.45) is 3.16. The molecule has 0 bridgehead atoms. The molecule has 1 saturated heterocycles. The standard InChI is InChI=1S/C11H17N3O4S/c1-8-12-10(7-13(8)2)19(17,18)14-6-4-3-5-9(14)11(15)16/h7,9H,3-6H2,1-2H3,(H,15,16). The van der Waals surface area contributed by atoms with Crippen molar-refractivity contribution in [3.63, 3.8) is 0 Å². The number of carbonyl (C=O) groups is 1. The smallest absolute Gasteiger partial charge is 0.322 e. The predicted molar refractivity (Wildman–Crippen MR) is 67.1 cm³/mol. The number of aliphatic carboxylic acids is 1. The average molecular weight is 287 g/mol. The Morgan fingerprint density at radius 2 is 2.16 bits per heavy atom. The van der Waals surface area contributed by atoms with E-state index in [0.29, 0.717) is 18.7 Å². The largest absolute Gasteiger partial charge is 0.480 e. The number of aromatic nitrogens is 2. The van der Waals surface area contributed by atoms with Gasteiger partial charge in [0.2, 0.25) is 0 Å². The second-order valence-corrected chi connectivity index (χ2v) is 6.54. The Hall–Kier alpha value is -1.41. The fourth-order valence-electron chi connectivity index (χ4n) is 2.21. The molecule has 1 aromatic heterocycles. The zero-order chi connectivity index (χ0) is 14.2. The Morgan fingerprint density at radius 3 is 2.68 bits per heavy atom. The van der Waals surface area contributed by atoms with Crippen LogP contribution in [0.25, 0.3) is 0 Å². The summed E-state index contributed by atoms with van der Waals surface area (Å²) in [5.74, 6) is -0.529. The minimum Gasteiger partial charge on any atom is -0.480 e. The second kappa shape index (κ2) is 4.93. The minimum absolute atomic E-state index is 0.0827. The molecular weight excluding hydrogens is 270 g/mol. The van der Waals surface area contributed by atoms with Crippen LogP contribution in [0.3, 0.4) is 0 Å². The van der Waals surface area contributed by atoms with E-state index in [4.69, 9.17) is 5.11 Å². The van der Waals surface area contributed by atoms with Gasteiger partial charge in [0, 0.05) is 19.8 Å². The quantitative estimate of drug-likeness (QED) is 0.866. The van der Waals surface area contributed by atoms with Gasteiger partial charge in [0.05, 0.1) is 0 Å². The highest BCUT2D eigenvalue weighted by atomic mass is 32.2. The number of sulfonamides is 1. The first-order valence-electron chi connectivity index (χ1n) is 6.08. The van der Waals surface area contributed by atoms with Gasteiger partial charge in [0.15, 0.2) is 5.03 Å². The number of aryl methyl sites for hydroxylation is 2. The highest BCUT2D eigenvalue weighted by molar-refractivity contribution is 7.89. The second-order valence-electron chi connectivity index (χ2n) is 4.70. The van der Waals surface area contributed by atoms with Crippen molar-refractivity contribution in [3.05, 3.63) is 12.0 Å². The van der Waals surface area contributed by atoms with Crippen LogP contribution >= 0.6 is 0 Å². The van der Waals surface area contributed by atoms with E-state index in [1.165, 1.54) is 6.20 Å². The highest BCUT2D eigenvalue weighted by Crippen LogP contribution is 2.25. The number of carboxylic acids is 1. The van der Waals surface area contributed by atoms with Gasteiger partial charge in [-0.1, -0.05) is 0 Å². The molecule has 1 fully saturated rings. The van der Waals surface area contributed by atoms with Gasteiger partial charge in [0.1, 0.15) is 11.9 Å². The molecule has 1 aliphatic heterocycles. The van der Waals surface area contributed by atoms with Gasteiger partial charge in [-0.15, -0.1) is 0 Å². The molecule has 2 heterocycles. The number of imidazole rings is 1. The SMILES string of the molecule is Cc1nc(S(=O)(=O)N2CCCCC2C(=O)O)cn1C. The molecule has 0 spiro atoms. The Balaban J connectivity index is 2.39. The molecule has 0 aliphatic carbocycles. The molecule has 1 atom stereocenters. The van der Waals surface area contributed by atoms with Crippen molar-refractivity contribution in [2.45, 2.75) is 37.3 Å². The van der Waals surface area contributed by atoms with E-state index in [-0.39, 0.29) is 11.6 Å². The topological polar surface area (TPSA) is 92.5 Å². The van der Waals surface area contributed by atoms with Gasteiger partial charge < -0.3 is 9.67 Å². The van der Waals surface area contributed by atoms with E-state index in [1.54, 1.807) is 18.5 Å². The number of carboxylic acid groups (broad SMARTS) is 1. The fraction of sp³-hybridized carbons (Fsp3) is 0.636. The normalized spacial score (nSPS) is 21.5. The Labute approximate surface area is 111 Å². The van der Waals surface area contributed by atoms with Crippen molar-refractivity contribution in [3.8, 4) is 0 Å². The molecule has 1 N–H and O–H groups in total. The molecule has 0 aromatic carbocycles. The molecule has 8 heteroatoms. The van der Waals surface area contributed by atoms with E-state index in [9.17, 15) is 13.2 Å². The first-order valence-corrected chi connectivity index (χ1v) is 7.52. The van der Waals surface area contributed by atoms with Gasteiger partial charge >= 0.3 is 5.97 Å². The van der Waals surface area contributed by atoms with Gasteiger partial charge in [-0.05, 0) is 26.2 Å². The molecule has 0 saturated carbocycles. The monoisotopic (exact) mass is 287 g/mol. The van der Waals surface area contributed by atoms with Crippen LogP contribution in [0.5, 0.6) is 0 Å². The van der Waals surface area contributed by atoms with Gasteiger partial charge in [-0.3, -0.25) is 4.79 Å². The highest BCUT2D eigenvalue weighted by Gasteiger charge is 2.38. The summed E-state index contributed by atoms with van der Waals surface area (Å²) >= 11 is 0. The minimum atomic E-state index is -3.84. The number of rotatable bonds is 3. The first kappa shape index (κ1) is 14.0. The summed E-state index contributed by atoms with van der Waals surface area (Å²) in [6, 6.07) is -0.985. The molecule has 1 aromatic rings. The lowest BCUT2D eigenvalue weighted by Gasteiger charge is -2.31. The summed E-state index contributed by atoms with van der Waals surface area (Å²) in [5.41, 5.74) is 0. The van der Waals surface area contributed by atoms with Crippen molar-refractivity contribution in [1.29, 1.82) is 0 Å². The average Bonchev–Trinajstić information content (AvgIpc) is 2.70. The fourth-order valence-corrected chi connectivity index (χ4v) is 3.89. The Bertz CT molecular complexity index is 574. The zero-order valence-corrected chi connectivity index (χ0v) is 11.7. The predicted octanol–water partition coefficient (Wildman–Crippen LogP) is 0.356. The maximum absolute atomic E-state index is 12.5. The summed E-state index contributed by atoms with van der Waals surface area (Å²) in [4.78, 5) is 15.2. The molecule has 1 unspecified atom stereocenters. The number of hydrogen-bond acceptors (Lipinski definition) is 4. The lowest BCUT2D eigenvalue weighted by Crippen LogP contribution is -2.47. The van der Waals surface area contributed by atoms with E-state index in [1.807, 2.05) is 0 Å². The molecule has 106 valence electrons. The van der Waals surface area contributed by atoms with Crippen molar-refractivity contribution in [2.75, 3.05) is 6.54 Å². The molecule has 19 heavy (non-hydrogen) atoms. The van der Waals surface area contributed by atoms with E-state index < -0.39 is 22.0 Å². The van der Waals surface area contributed by atoms with Crippen LogP contribution in [0.15, 0.2) is 11.2 Å². The van der Waals surface area contributed by atoms with Crippen LogP contribution in [-0.2, 0) is 21.9 Å². The zero-order valence-electron chi connectivity index (χ0n) is 10.9. The number of nitrogens with zero attached hydrogens (tertiary/aromatic N) is 3. The number of hydrogen-bond donors (Lipinski definition) is 1. The van der Waals surface area contributed by atoms with E-state index >= 15 is 0 Å². The van der Waals surface area contributed by atoms with Gasteiger partial charge in [-0.25, -0.2) is 13.4 Å².